The molecule has 0 radical (unpaired) electrons. The summed E-state index contributed by atoms with van der Waals surface area (Å²) in [5.41, 5.74) is 1.65. The largest absolute Gasteiger partial charge is 0.493 e. The van der Waals surface area contributed by atoms with Crippen LogP contribution in [0.25, 0.3) is 0 Å². The first kappa shape index (κ1) is 31.1. The van der Waals surface area contributed by atoms with E-state index in [2.05, 4.69) is 20.3 Å². The number of carbonyl (C=O) groups excluding carboxylic acids is 2. The summed E-state index contributed by atoms with van der Waals surface area (Å²) < 4.78 is 31.4. The molecule has 0 saturated carbocycles. The van der Waals surface area contributed by atoms with Crippen molar-refractivity contribution in [1.29, 1.82) is 0 Å². The maximum atomic E-state index is 13.4. The maximum Gasteiger partial charge on any atom is 0.269 e. The molecule has 4 rings (SSSR count). The monoisotopic (exact) mass is 656 g/mol. The number of anilines is 1. The van der Waals surface area contributed by atoms with Crippen LogP contribution in [0.15, 0.2) is 59.6 Å². The molecule has 1 heterocycles. The molecule has 1 aliphatic heterocycles. The van der Waals surface area contributed by atoms with E-state index in [0.29, 0.717) is 28.3 Å². The molecular weight excluding hydrogens is 634 g/mol. The Morgan fingerprint density at radius 3 is 2.44 bits per heavy atom. The molecule has 14 heteroatoms. The van der Waals surface area contributed by atoms with Crippen molar-refractivity contribution in [3.63, 3.8) is 0 Å². The zero-order chi connectivity index (χ0) is 29.7. The number of benzodiazepines with no additional fused rings is 1. The highest BCUT2D eigenvalue weighted by atomic mass is 35.5. The van der Waals surface area contributed by atoms with Crippen LogP contribution in [0.5, 0.6) is 5.75 Å². The number of nitrogens with zero attached hydrogens (tertiary/aromatic N) is 1. The molecule has 0 fully saturated rings. The Kier molecular flexibility index (Phi) is 10.2. The van der Waals surface area contributed by atoms with Crippen LogP contribution < -0.4 is 20.1 Å². The Hall–Kier alpha value is -2.86. The molecule has 3 N–H and O–H groups in total. The van der Waals surface area contributed by atoms with E-state index in [1.807, 2.05) is 0 Å². The molecule has 0 aliphatic carbocycles. The van der Waals surface area contributed by atoms with Gasteiger partial charge in [-0.25, -0.2) is 18.1 Å². The number of rotatable bonds is 10. The van der Waals surface area contributed by atoms with Crippen molar-refractivity contribution in [3.05, 3.63) is 91.4 Å². The molecule has 0 aromatic heterocycles. The molecular formula is C27H24Cl4N4O5S. The first-order valence-corrected chi connectivity index (χ1v) is 15.5. The van der Waals surface area contributed by atoms with Crippen LogP contribution in [-0.4, -0.2) is 51.0 Å². The second kappa shape index (κ2) is 13.4. The van der Waals surface area contributed by atoms with Crippen molar-refractivity contribution in [2.45, 2.75) is 19.5 Å². The zero-order valence-corrected chi connectivity index (χ0v) is 25.4. The van der Waals surface area contributed by atoms with Gasteiger partial charge in [0.15, 0.2) is 0 Å². The van der Waals surface area contributed by atoms with E-state index in [-0.39, 0.29) is 51.0 Å². The molecule has 2 amide bonds. The first-order chi connectivity index (χ1) is 19.5. The molecule has 0 saturated heterocycles. The van der Waals surface area contributed by atoms with Gasteiger partial charge < -0.3 is 15.4 Å². The smallest absolute Gasteiger partial charge is 0.269 e. The van der Waals surface area contributed by atoms with Gasteiger partial charge in [-0.2, -0.15) is 0 Å². The van der Waals surface area contributed by atoms with Gasteiger partial charge in [0.05, 0.1) is 39.4 Å². The number of fused-ring (bicyclic) bond motifs is 1. The number of ether oxygens (including phenoxy) is 1. The van der Waals surface area contributed by atoms with Gasteiger partial charge >= 0.3 is 0 Å². The summed E-state index contributed by atoms with van der Waals surface area (Å²) in [6.07, 6.45) is -1.04. The Morgan fingerprint density at radius 1 is 1.02 bits per heavy atom. The quantitative estimate of drug-likeness (QED) is 0.246. The van der Waals surface area contributed by atoms with E-state index in [0.717, 1.165) is 0 Å². The molecule has 9 nitrogen and oxygen atoms in total. The van der Waals surface area contributed by atoms with Crippen molar-refractivity contribution in [2.24, 2.45) is 4.99 Å². The van der Waals surface area contributed by atoms with E-state index in [4.69, 9.17) is 51.1 Å². The lowest BCUT2D eigenvalue weighted by molar-refractivity contribution is -0.117. The van der Waals surface area contributed by atoms with E-state index in [1.165, 1.54) is 31.2 Å². The number of amides is 2. The average Bonchev–Trinajstić information content (AvgIpc) is 3.04. The Bertz CT molecular complexity index is 1610. The van der Waals surface area contributed by atoms with Crippen molar-refractivity contribution in [1.82, 2.24) is 10.0 Å². The Labute approximate surface area is 257 Å². The summed E-state index contributed by atoms with van der Waals surface area (Å²) in [4.78, 5) is 31.2. The van der Waals surface area contributed by atoms with Gasteiger partial charge in [0.25, 0.3) is 11.8 Å². The fourth-order valence-electron chi connectivity index (χ4n) is 3.91. The van der Waals surface area contributed by atoms with Gasteiger partial charge in [-0.1, -0.05) is 64.6 Å². The molecule has 216 valence electrons. The number of benzene rings is 3. The number of halogens is 4. The predicted molar refractivity (Wildman–Crippen MR) is 162 cm³/mol. The Morgan fingerprint density at radius 2 is 1.73 bits per heavy atom. The second-order valence-electron chi connectivity index (χ2n) is 8.77. The summed E-state index contributed by atoms with van der Waals surface area (Å²) in [6.45, 7) is 1.82. The third-order valence-electron chi connectivity index (χ3n) is 5.93. The lowest BCUT2D eigenvalue weighted by Crippen LogP contribution is -2.42. The van der Waals surface area contributed by atoms with Crippen LogP contribution in [0.1, 0.15) is 34.8 Å². The highest BCUT2D eigenvalue weighted by Crippen LogP contribution is 2.34. The number of para-hydroxylation sites is 1. The summed E-state index contributed by atoms with van der Waals surface area (Å²) >= 11 is 25.3. The molecule has 41 heavy (non-hydrogen) atoms. The van der Waals surface area contributed by atoms with Crippen LogP contribution in [0.3, 0.4) is 0 Å². The number of nitrogens with one attached hydrogen (secondary N) is 3. The van der Waals surface area contributed by atoms with Crippen LogP contribution in [0.4, 0.5) is 5.69 Å². The van der Waals surface area contributed by atoms with Crippen molar-refractivity contribution in [2.75, 3.05) is 24.2 Å². The third kappa shape index (κ3) is 7.71. The fraction of sp³-hybridized carbons (Fsp3) is 0.222. The van der Waals surface area contributed by atoms with Gasteiger partial charge in [0.2, 0.25) is 16.2 Å². The summed E-state index contributed by atoms with van der Waals surface area (Å²) in [5.74, 6) is -1.13. The van der Waals surface area contributed by atoms with E-state index in [1.54, 1.807) is 30.3 Å². The van der Waals surface area contributed by atoms with Gasteiger partial charge in [0, 0.05) is 27.7 Å². The molecule has 0 bridgehead atoms. The number of aliphatic imine (C=N–C) groups is 1. The Balaban J connectivity index is 1.62. The second-order valence-corrected chi connectivity index (χ2v) is 12.6. The molecule has 1 aliphatic rings. The van der Waals surface area contributed by atoms with Crippen molar-refractivity contribution in [3.8, 4) is 5.75 Å². The standard InChI is InChI=1S/C27H24Cl4N4O5S/c1-2-41(38,39)32-10-5-11-40-22-9-8-15(28)12-18(22)26(36)35-25-27(37)33-21-7-4-3-6-17(21)24(34-25)23-19(30)13-16(29)14-20(23)31/h3-4,6-9,12-14,25,32H,2,5,10-11H2,1H3,(H,33,37)(H,35,36). The van der Waals surface area contributed by atoms with Crippen molar-refractivity contribution >= 4 is 79.6 Å². The number of hydrogen-bond donors (Lipinski definition) is 3. The predicted octanol–water partition coefficient (Wildman–Crippen LogP) is 5.55. The summed E-state index contributed by atoms with van der Waals surface area (Å²) in [5, 5.41) is 6.41. The minimum atomic E-state index is -3.33. The minimum Gasteiger partial charge on any atom is -0.493 e. The lowest BCUT2D eigenvalue weighted by atomic mass is 10.0. The first-order valence-electron chi connectivity index (χ1n) is 12.3. The van der Waals surface area contributed by atoms with Crippen LogP contribution >= 0.6 is 46.4 Å². The normalized spacial score (nSPS) is 14.9. The average molecular weight is 658 g/mol. The zero-order valence-electron chi connectivity index (χ0n) is 21.5. The third-order valence-corrected chi connectivity index (χ3v) is 8.38. The minimum absolute atomic E-state index is 0.0319. The molecule has 3 aromatic carbocycles. The topological polar surface area (TPSA) is 126 Å². The molecule has 1 unspecified atom stereocenters. The van der Waals surface area contributed by atoms with Crippen LogP contribution in [0, 0.1) is 0 Å². The fourth-order valence-corrected chi connectivity index (χ4v) is 5.74. The number of sulfonamides is 1. The molecule has 0 spiro atoms. The van der Waals surface area contributed by atoms with E-state index < -0.39 is 28.0 Å². The van der Waals surface area contributed by atoms with Crippen LogP contribution in [-0.2, 0) is 14.8 Å². The number of carbonyl (C=O) groups is 2. The summed E-state index contributed by atoms with van der Waals surface area (Å²) in [6, 6.07) is 14.4. The van der Waals surface area contributed by atoms with Crippen LogP contribution in [0.2, 0.25) is 20.1 Å². The number of hydrogen-bond acceptors (Lipinski definition) is 6. The molecule has 1 atom stereocenters. The SMILES string of the molecule is CCS(=O)(=O)NCCCOc1ccc(Cl)cc1C(=O)NC1N=C(c2c(Cl)cc(Cl)cc2Cl)c2ccccc2NC1=O. The van der Waals surface area contributed by atoms with Gasteiger partial charge in [-0.05, 0) is 49.7 Å². The summed E-state index contributed by atoms with van der Waals surface area (Å²) in [7, 11) is -3.33. The van der Waals surface area contributed by atoms with Crippen molar-refractivity contribution < 1.29 is 22.7 Å². The van der Waals surface area contributed by atoms with Gasteiger partial charge in [-0.15, -0.1) is 0 Å². The van der Waals surface area contributed by atoms with Gasteiger partial charge in [0.1, 0.15) is 5.75 Å². The lowest BCUT2D eigenvalue weighted by Gasteiger charge is -2.16. The van der Waals surface area contributed by atoms with E-state index >= 15 is 0 Å². The molecule has 3 aromatic rings. The van der Waals surface area contributed by atoms with Gasteiger partial charge in [-0.3, -0.25) is 9.59 Å². The van der Waals surface area contributed by atoms with E-state index in [9.17, 15) is 18.0 Å². The highest BCUT2D eigenvalue weighted by molar-refractivity contribution is 7.89. The highest BCUT2D eigenvalue weighted by Gasteiger charge is 2.30. The maximum absolute atomic E-state index is 13.4.